The maximum absolute atomic E-state index is 5.78. The Bertz CT molecular complexity index is 1010. The number of pyridine rings is 1. The predicted molar refractivity (Wildman–Crippen MR) is 91.3 cm³/mol. The molecule has 0 saturated carbocycles. The number of methoxy groups -OCH3 is 1. The summed E-state index contributed by atoms with van der Waals surface area (Å²) in [7, 11) is 1.64. The highest BCUT2D eigenvalue weighted by Gasteiger charge is 2.16. The Kier molecular flexibility index (Phi) is 3.31. The number of aromatic amines is 1. The third kappa shape index (κ3) is 2.32. The van der Waals surface area contributed by atoms with Gasteiger partial charge in [-0.1, -0.05) is 0 Å². The molecular weight excluding hydrogens is 304 g/mol. The zero-order chi connectivity index (χ0) is 16.5. The summed E-state index contributed by atoms with van der Waals surface area (Å²) in [5.74, 6) is 0.885. The van der Waals surface area contributed by atoms with Crippen molar-refractivity contribution in [2.45, 2.75) is 0 Å². The Balaban J connectivity index is 1.98. The maximum atomic E-state index is 5.78. The Labute approximate surface area is 137 Å². The van der Waals surface area contributed by atoms with Gasteiger partial charge in [-0.15, -0.1) is 10.2 Å². The summed E-state index contributed by atoms with van der Waals surface area (Å²) < 4.78 is 5.32. The molecule has 3 heterocycles. The van der Waals surface area contributed by atoms with Gasteiger partial charge in [0.05, 0.1) is 7.11 Å². The highest BCUT2D eigenvalue weighted by molar-refractivity contribution is 5.98. The highest BCUT2D eigenvalue weighted by Crippen LogP contribution is 2.34. The van der Waals surface area contributed by atoms with Gasteiger partial charge in [0.1, 0.15) is 17.1 Å². The molecule has 3 N–H and O–H groups in total. The lowest BCUT2D eigenvalue weighted by Crippen LogP contribution is -2.02. The Morgan fingerprint density at radius 3 is 2.83 bits per heavy atom. The molecule has 0 aliphatic carbocycles. The summed E-state index contributed by atoms with van der Waals surface area (Å²) in [6, 6.07) is 9.56. The summed E-state index contributed by atoms with van der Waals surface area (Å²) in [6.45, 7) is 0. The van der Waals surface area contributed by atoms with Crippen LogP contribution >= 0.6 is 0 Å². The molecule has 4 aromatic rings. The molecule has 0 saturated heterocycles. The van der Waals surface area contributed by atoms with E-state index >= 15 is 0 Å². The van der Waals surface area contributed by atoms with Gasteiger partial charge >= 0.3 is 0 Å². The molecule has 4 rings (SSSR count). The smallest absolute Gasteiger partial charge is 0.240 e. The third-order valence-electron chi connectivity index (χ3n) is 3.78. The van der Waals surface area contributed by atoms with Crippen molar-refractivity contribution >= 4 is 16.9 Å². The van der Waals surface area contributed by atoms with Crippen molar-refractivity contribution in [3.05, 3.63) is 48.9 Å². The number of ether oxygens (including phenoxy) is 1. The van der Waals surface area contributed by atoms with Gasteiger partial charge in [-0.2, -0.15) is 0 Å². The molecule has 0 bridgehead atoms. The standard InChI is InChI=1S/C17H14N6O/c1-24-11-4-5-14-12(7-11)13(9-20-14)16-15(22-23-17(18)21-16)10-3-2-6-19-8-10/h2-9,20H,1H3,(H2,18,21,23). The maximum Gasteiger partial charge on any atom is 0.240 e. The van der Waals surface area contributed by atoms with Gasteiger partial charge in [0.15, 0.2) is 0 Å². The first kappa shape index (κ1) is 14.1. The van der Waals surface area contributed by atoms with Crippen LogP contribution in [-0.4, -0.2) is 32.3 Å². The number of nitrogens with two attached hydrogens (primary N) is 1. The summed E-state index contributed by atoms with van der Waals surface area (Å²) in [6.07, 6.45) is 5.31. The Morgan fingerprint density at radius 1 is 1.12 bits per heavy atom. The number of hydrogen-bond donors (Lipinski definition) is 2. The molecule has 0 radical (unpaired) electrons. The number of anilines is 1. The van der Waals surface area contributed by atoms with Crippen molar-refractivity contribution in [3.63, 3.8) is 0 Å². The van der Waals surface area contributed by atoms with Crippen molar-refractivity contribution in [1.29, 1.82) is 0 Å². The number of rotatable bonds is 3. The minimum Gasteiger partial charge on any atom is -0.497 e. The zero-order valence-corrected chi connectivity index (χ0v) is 12.9. The molecule has 0 atom stereocenters. The highest BCUT2D eigenvalue weighted by atomic mass is 16.5. The van der Waals surface area contributed by atoms with Crippen LogP contribution in [0.2, 0.25) is 0 Å². The molecule has 7 heteroatoms. The summed E-state index contributed by atoms with van der Waals surface area (Å²) in [4.78, 5) is 11.8. The second kappa shape index (κ2) is 5.62. The molecule has 0 fully saturated rings. The van der Waals surface area contributed by atoms with Crippen LogP contribution in [0, 0.1) is 0 Å². The minimum atomic E-state index is 0.120. The average Bonchev–Trinajstić information content (AvgIpc) is 3.05. The number of nitrogens with zero attached hydrogens (tertiary/aromatic N) is 4. The van der Waals surface area contributed by atoms with Gasteiger partial charge in [0.2, 0.25) is 5.95 Å². The van der Waals surface area contributed by atoms with E-state index in [0.717, 1.165) is 27.8 Å². The first-order valence-electron chi connectivity index (χ1n) is 7.32. The fourth-order valence-corrected chi connectivity index (χ4v) is 2.65. The minimum absolute atomic E-state index is 0.120. The van der Waals surface area contributed by atoms with Crippen LogP contribution in [-0.2, 0) is 0 Å². The number of nitrogen functional groups attached to an aromatic ring is 1. The summed E-state index contributed by atoms with van der Waals surface area (Å²) in [5.41, 5.74) is 9.73. The Morgan fingerprint density at radius 2 is 2.04 bits per heavy atom. The van der Waals surface area contributed by atoms with Crippen LogP contribution in [0.3, 0.4) is 0 Å². The van der Waals surface area contributed by atoms with Crippen molar-refractivity contribution in [2.24, 2.45) is 0 Å². The lowest BCUT2D eigenvalue weighted by molar-refractivity contribution is 0.415. The predicted octanol–water partition coefficient (Wildman–Crippen LogP) is 2.67. The van der Waals surface area contributed by atoms with Gasteiger partial charge in [0.25, 0.3) is 0 Å². The molecule has 0 spiro atoms. The lowest BCUT2D eigenvalue weighted by atomic mass is 10.0. The number of H-pyrrole nitrogens is 1. The van der Waals surface area contributed by atoms with Gasteiger partial charge in [0, 0.05) is 40.6 Å². The Hall–Kier alpha value is -3.48. The number of hydrogen-bond acceptors (Lipinski definition) is 6. The largest absolute Gasteiger partial charge is 0.497 e. The fraction of sp³-hybridized carbons (Fsp3) is 0.0588. The second-order valence-electron chi connectivity index (χ2n) is 5.22. The van der Waals surface area contributed by atoms with Crippen LogP contribution in [0.25, 0.3) is 33.4 Å². The normalized spacial score (nSPS) is 10.9. The van der Waals surface area contributed by atoms with Crippen LogP contribution in [0.4, 0.5) is 5.95 Å². The monoisotopic (exact) mass is 318 g/mol. The average molecular weight is 318 g/mol. The lowest BCUT2D eigenvalue weighted by Gasteiger charge is -2.07. The molecule has 3 aromatic heterocycles. The zero-order valence-electron chi connectivity index (χ0n) is 12.9. The van der Waals surface area contributed by atoms with Gasteiger partial charge in [-0.25, -0.2) is 4.98 Å². The van der Waals surface area contributed by atoms with Crippen LogP contribution in [0.15, 0.2) is 48.9 Å². The van der Waals surface area contributed by atoms with E-state index in [1.54, 1.807) is 19.5 Å². The fourth-order valence-electron chi connectivity index (χ4n) is 2.65. The molecule has 24 heavy (non-hydrogen) atoms. The summed E-state index contributed by atoms with van der Waals surface area (Å²) >= 11 is 0. The molecule has 0 amide bonds. The molecular formula is C17H14N6O. The van der Waals surface area contributed by atoms with E-state index in [2.05, 4.69) is 25.1 Å². The van der Waals surface area contributed by atoms with Crippen molar-refractivity contribution in [1.82, 2.24) is 25.1 Å². The van der Waals surface area contributed by atoms with E-state index in [4.69, 9.17) is 10.5 Å². The number of fused-ring (bicyclic) bond motifs is 1. The van der Waals surface area contributed by atoms with Gasteiger partial charge < -0.3 is 15.5 Å². The molecule has 1 aromatic carbocycles. The molecule has 7 nitrogen and oxygen atoms in total. The summed E-state index contributed by atoms with van der Waals surface area (Å²) in [5, 5.41) is 9.10. The van der Waals surface area contributed by atoms with Gasteiger partial charge in [-0.3, -0.25) is 4.98 Å². The first-order valence-corrected chi connectivity index (χ1v) is 7.32. The van der Waals surface area contributed by atoms with Crippen molar-refractivity contribution in [3.8, 4) is 28.3 Å². The van der Waals surface area contributed by atoms with Crippen molar-refractivity contribution in [2.75, 3.05) is 12.8 Å². The van der Waals surface area contributed by atoms with E-state index in [9.17, 15) is 0 Å². The quantitative estimate of drug-likeness (QED) is 0.602. The molecule has 0 aliphatic heterocycles. The first-order chi connectivity index (χ1) is 11.8. The van der Waals surface area contributed by atoms with E-state index in [1.165, 1.54) is 0 Å². The number of benzene rings is 1. The van der Waals surface area contributed by atoms with Crippen LogP contribution < -0.4 is 10.5 Å². The van der Waals surface area contributed by atoms with E-state index in [0.29, 0.717) is 11.4 Å². The van der Waals surface area contributed by atoms with E-state index in [1.807, 2.05) is 36.5 Å². The third-order valence-corrected chi connectivity index (χ3v) is 3.78. The van der Waals surface area contributed by atoms with Crippen LogP contribution in [0.5, 0.6) is 5.75 Å². The number of nitrogens with one attached hydrogen (secondary N) is 1. The molecule has 118 valence electrons. The molecule has 0 aliphatic rings. The topological polar surface area (TPSA) is 103 Å². The van der Waals surface area contributed by atoms with Crippen LogP contribution in [0.1, 0.15) is 0 Å². The van der Waals surface area contributed by atoms with E-state index < -0.39 is 0 Å². The second-order valence-corrected chi connectivity index (χ2v) is 5.22. The van der Waals surface area contributed by atoms with E-state index in [-0.39, 0.29) is 5.95 Å². The van der Waals surface area contributed by atoms with Gasteiger partial charge in [-0.05, 0) is 30.3 Å². The SMILES string of the molecule is COc1ccc2[nH]cc(-c3nc(N)nnc3-c3cccnc3)c2c1. The van der Waals surface area contributed by atoms with Crippen molar-refractivity contribution < 1.29 is 4.74 Å². The number of aromatic nitrogens is 5. The molecule has 0 unspecified atom stereocenters.